The molecule has 7 heteroatoms. The molecule has 0 atom stereocenters. The molecule has 1 saturated heterocycles. The number of thioether (sulfide) groups is 1. The van der Waals surface area contributed by atoms with E-state index in [1.807, 2.05) is 6.07 Å². The molecule has 3 rings (SSSR count). The molecule has 1 fully saturated rings. The number of aliphatic imine (C=N–C) groups is 1. The zero-order valence-electron chi connectivity index (χ0n) is 13.2. The van der Waals surface area contributed by atoms with Crippen molar-refractivity contribution < 1.29 is 9.90 Å². The van der Waals surface area contributed by atoms with Crippen molar-refractivity contribution in [3.05, 3.63) is 34.7 Å². The lowest BCUT2D eigenvalue weighted by atomic mass is 10.2. The van der Waals surface area contributed by atoms with Crippen LogP contribution in [0.15, 0.2) is 34.2 Å². The Morgan fingerprint density at radius 2 is 2.04 bits per heavy atom. The van der Waals surface area contributed by atoms with Gasteiger partial charge in [0.2, 0.25) is 0 Å². The lowest BCUT2D eigenvalue weighted by Crippen LogP contribution is -2.47. The maximum absolute atomic E-state index is 12.1. The number of rotatable bonds is 3. The topological polar surface area (TPSA) is 79.9 Å². The number of para-hydroxylation sites is 1. The average Bonchev–Trinajstić information content (AvgIpc) is 2.96. The number of carbonyl (C=O) groups is 1. The highest BCUT2D eigenvalue weighted by Gasteiger charge is 2.28. The van der Waals surface area contributed by atoms with E-state index >= 15 is 0 Å². The summed E-state index contributed by atoms with van der Waals surface area (Å²) >= 11 is 1.35. The molecule has 24 heavy (non-hydrogen) atoms. The van der Waals surface area contributed by atoms with Gasteiger partial charge in [-0.2, -0.15) is 10.3 Å². The van der Waals surface area contributed by atoms with Gasteiger partial charge < -0.3 is 10.0 Å². The van der Waals surface area contributed by atoms with Crippen LogP contribution in [-0.4, -0.2) is 58.7 Å². The Balaban J connectivity index is 1.62. The van der Waals surface area contributed by atoms with Crippen LogP contribution in [0.25, 0.3) is 6.08 Å². The number of hydrogen-bond acceptors (Lipinski definition) is 6. The van der Waals surface area contributed by atoms with E-state index in [1.54, 1.807) is 24.3 Å². The molecule has 0 spiro atoms. The van der Waals surface area contributed by atoms with Gasteiger partial charge in [-0.15, -0.1) is 0 Å². The Labute approximate surface area is 145 Å². The molecular weight excluding hydrogens is 324 g/mol. The van der Waals surface area contributed by atoms with Gasteiger partial charge in [-0.05, 0) is 23.9 Å². The van der Waals surface area contributed by atoms with Crippen molar-refractivity contribution in [2.75, 3.05) is 32.7 Å². The van der Waals surface area contributed by atoms with Crippen molar-refractivity contribution >= 4 is 28.9 Å². The second-order valence-electron chi connectivity index (χ2n) is 5.61. The highest BCUT2D eigenvalue weighted by Crippen LogP contribution is 2.32. The minimum Gasteiger partial charge on any atom is -0.507 e. The molecular formula is C17H18N4O2S. The van der Waals surface area contributed by atoms with Crippen LogP contribution < -0.4 is 0 Å². The van der Waals surface area contributed by atoms with Gasteiger partial charge in [0.15, 0.2) is 5.17 Å². The molecule has 0 saturated carbocycles. The van der Waals surface area contributed by atoms with Crippen LogP contribution in [-0.2, 0) is 4.79 Å². The summed E-state index contributed by atoms with van der Waals surface area (Å²) in [5.41, 5.74) is 0.617. The lowest BCUT2D eigenvalue weighted by Gasteiger charge is -2.34. The third-order valence-electron chi connectivity index (χ3n) is 4.02. The van der Waals surface area contributed by atoms with Gasteiger partial charge in [-0.1, -0.05) is 18.2 Å². The first-order chi connectivity index (χ1) is 11.7. The van der Waals surface area contributed by atoms with Gasteiger partial charge in [-0.3, -0.25) is 9.69 Å². The van der Waals surface area contributed by atoms with E-state index in [2.05, 4.69) is 20.9 Å². The molecule has 1 amide bonds. The van der Waals surface area contributed by atoms with E-state index in [0.29, 0.717) is 16.9 Å². The molecule has 6 nitrogen and oxygen atoms in total. The smallest absolute Gasteiger partial charge is 0.286 e. The van der Waals surface area contributed by atoms with Crippen molar-refractivity contribution in [2.45, 2.75) is 6.42 Å². The van der Waals surface area contributed by atoms with Gasteiger partial charge in [0.1, 0.15) is 5.75 Å². The quantitative estimate of drug-likeness (QED) is 0.845. The van der Waals surface area contributed by atoms with Crippen molar-refractivity contribution in [3.63, 3.8) is 0 Å². The summed E-state index contributed by atoms with van der Waals surface area (Å²) in [6.45, 7) is 4.13. The summed E-state index contributed by atoms with van der Waals surface area (Å²) < 4.78 is 0. The number of amidine groups is 1. The van der Waals surface area contributed by atoms with E-state index in [-0.39, 0.29) is 11.7 Å². The Morgan fingerprint density at radius 1 is 1.29 bits per heavy atom. The van der Waals surface area contributed by atoms with Crippen molar-refractivity contribution in [1.82, 2.24) is 9.80 Å². The molecule has 2 heterocycles. The predicted octanol–water partition coefficient (Wildman–Crippen LogP) is 1.89. The zero-order valence-corrected chi connectivity index (χ0v) is 14.0. The Bertz CT molecular complexity index is 730. The van der Waals surface area contributed by atoms with Crippen LogP contribution in [0.4, 0.5) is 0 Å². The first-order valence-corrected chi connectivity index (χ1v) is 8.64. The van der Waals surface area contributed by atoms with Crippen LogP contribution in [0.3, 0.4) is 0 Å². The fourth-order valence-electron chi connectivity index (χ4n) is 2.65. The SMILES string of the molecule is N#CCCN1CCN(C2=NC(=O)/C(=C/c3ccccc3O)S2)CC1. The van der Waals surface area contributed by atoms with Crippen LogP contribution in [0.2, 0.25) is 0 Å². The third-order valence-corrected chi connectivity index (χ3v) is 5.06. The summed E-state index contributed by atoms with van der Waals surface area (Å²) in [4.78, 5) is 21.2. The normalized spacial score (nSPS) is 20.3. The molecule has 0 bridgehead atoms. The fraction of sp³-hybridized carbons (Fsp3) is 0.353. The number of phenols is 1. The van der Waals surface area contributed by atoms with Gasteiger partial charge in [0, 0.05) is 44.7 Å². The molecule has 0 aliphatic carbocycles. The van der Waals surface area contributed by atoms with E-state index in [4.69, 9.17) is 5.26 Å². The highest BCUT2D eigenvalue weighted by atomic mass is 32.2. The number of aromatic hydroxyl groups is 1. The number of nitrogens with zero attached hydrogens (tertiary/aromatic N) is 4. The van der Waals surface area contributed by atoms with Gasteiger partial charge >= 0.3 is 0 Å². The van der Waals surface area contributed by atoms with Crippen molar-refractivity contribution in [1.29, 1.82) is 5.26 Å². The minimum absolute atomic E-state index is 0.151. The molecule has 124 valence electrons. The summed E-state index contributed by atoms with van der Waals surface area (Å²) in [5, 5.41) is 19.2. The zero-order chi connectivity index (χ0) is 16.9. The Morgan fingerprint density at radius 3 is 2.75 bits per heavy atom. The van der Waals surface area contributed by atoms with Crippen LogP contribution in [0, 0.1) is 11.3 Å². The standard InChI is InChI=1S/C17H18N4O2S/c18-6-3-7-20-8-10-21(11-9-20)17-19-16(23)15(24-17)12-13-4-1-2-5-14(13)22/h1-2,4-5,12,22H,3,7-11H2/b15-12-. The summed E-state index contributed by atoms with van der Waals surface area (Å²) in [7, 11) is 0. The number of piperazine rings is 1. The van der Waals surface area contributed by atoms with E-state index in [0.717, 1.165) is 37.9 Å². The maximum Gasteiger partial charge on any atom is 0.286 e. The van der Waals surface area contributed by atoms with E-state index in [9.17, 15) is 9.90 Å². The number of carbonyl (C=O) groups excluding carboxylic acids is 1. The molecule has 2 aliphatic rings. The number of nitriles is 1. The molecule has 0 radical (unpaired) electrons. The molecule has 0 unspecified atom stereocenters. The Hall–Kier alpha value is -2.30. The minimum atomic E-state index is -0.259. The van der Waals surface area contributed by atoms with Crippen LogP contribution in [0.5, 0.6) is 5.75 Å². The molecule has 0 aromatic heterocycles. The van der Waals surface area contributed by atoms with E-state index in [1.165, 1.54) is 11.8 Å². The van der Waals surface area contributed by atoms with Crippen molar-refractivity contribution in [3.8, 4) is 11.8 Å². The lowest BCUT2D eigenvalue weighted by molar-refractivity contribution is -0.113. The molecule has 1 aromatic rings. The maximum atomic E-state index is 12.1. The third kappa shape index (κ3) is 3.78. The average molecular weight is 342 g/mol. The first-order valence-electron chi connectivity index (χ1n) is 7.82. The summed E-state index contributed by atoms with van der Waals surface area (Å²) in [6, 6.07) is 9.09. The number of benzene rings is 1. The van der Waals surface area contributed by atoms with E-state index < -0.39 is 0 Å². The van der Waals surface area contributed by atoms with Gasteiger partial charge in [0.25, 0.3) is 5.91 Å². The molecule has 1 N–H and O–H groups in total. The van der Waals surface area contributed by atoms with Crippen molar-refractivity contribution in [2.24, 2.45) is 4.99 Å². The largest absolute Gasteiger partial charge is 0.507 e. The fourth-order valence-corrected chi connectivity index (χ4v) is 3.61. The molecule has 1 aromatic carbocycles. The van der Waals surface area contributed by atoms with Gasteiger partial charge in [0.05, 0.1) is 11.0 Å². The Kier molecular flexibility index (Phi) is 5.18. The highest BCUT2D eigenvalue weighted by molar-refractivity contribution is 8.18. The predicted molar refractivity (Wildman–Crippen MR) is 94.4 cm³/mol. The molecule has 2 aliphatic heterocycles. The number of amides is 1. The number of hydrogen-bond donors (Lipinski definition) is 1. The van der Waals surface area contributed by atoms with Crippen LogP contribution >= 0.6 is 11.8 Å². The second-order valence-corrected chi connectivity index (χ2v) is 6.61. The number of phenolic OH excluding ortho intramolecular Hbond substituents is 1. The monoisotopic (exact) mass is 342 g/mol. The van der Waals surface area contributed by atoms with Crippen LogP contribution in [0.1, 0.15) is 12.0 Å². The summed E-state index contributed by atoms with van der Waals surface area (Å²) in [5.74, 6) is -0.108. The second kappa shape index (κ2) is 7.51. The first kappa shape index (κ1) is 16.6. The summed E-state index contributed by atoms with van der Waals surface area (Å²) in [6.07, 6.45) is 2.23. The van der Waals surface area contributed by atoms with Gasteiger partial charge in [-0.25, -0.2) is 0 Å².